The van der Waals surface area contributed by atoms with Crippen molar-refractivity contribution < 1.29 is 22.7 Å². The fourth-order valence-corrected chi connectivity index (χ4v) is 4.49. The van der Waals surface area contributed by atoms with Gasteiger partial charge in [0.05, 0.1) is 26.9 Å². The number of ether oxygens (including phenoxy) is 1. The van der Waals surface area contributed by atoms with Gasteiger partial charge in [0.1, 0.15) is 6.33 Å². The summed E-state index contributed by atoms with van der Waals surface area (Å²) in [6, 6.07) is 16.6. The van der Waals surface area contributed by atoms with Crippen molar-refractivity contribution in [2.45, 2.75) is 4.90 Å². The van der Waals surface area contributed by atoms with Crippen molar-refractivity contribution in [3.63, 3.8) is 0 Å². The second-order valence-electron chi connectivity index (χ2n) is 7.18. The highest BCUT2D eigenvalue weighted by atomic mass is 79.9. The molecule has 0 aliphatic heterocycles. The first-order chi connectivity index (χ1) is 17.2. The highest BCUT2D eigenvalue weighted by molar-refractivity contribution is 9.10. The number of nitrogens with one attached hydrogen (secondary N) is 2. The summed E-state index contributed by atoms with van der Waals surface area (Å²) in [5.74, 6) is -1.53. The Kier molecular flexibility index (Phi) is 7.62. The van der Waals surface area contributed by atoms with Gasteiger partial charge in [-0.1, -0.05) is 33.6 Å². The standard InChI is InChI=1S/C22H16BrClN6O5S/c23-15-4-6-16(7-5-15)27-36(33,34)18-3-1-2-14(10-18)22(32)35-12-21(31)26-20-11-17(8-9-19(20)24)30-13-25-28-29-30/h1-11,13,27H,12H2,(H,26,31). The van der Waals surface area contributed by atoms with E-state index in [1.807, 2.05) is 0 Å². The van der Waals surface area contributed by atoms with Crippen molar-refractivity contribution in [1.29, 1.82) is 0 Å². The number of carbonyl (C=O) groups is 2. The maximum atomic E-state index is 12.7. The van der Waals surface area contributed by atoms with Crippen molar-refractivity contribution in [3.05, 3.63) is 88.1 Å². The van der Waals surface area contributed by atoms with Gasteiger partial charge < -0.3 is 10.1 Å². The lowest BCUT2D eigenvalue weighted by molar-refractivity contribution is -0.119. The van der Waals surface area contributed by atoms with Crippen LogP contribution in [0.3, 0.4) is 0 Å². The van der Waals surface area contributed by atoms with Crippen LogP contribution in [-0.4, -0.2) is 47.1 Å². The van der Waals surface area contributed by atoms with Crippen LogP contribution in [0.1, 0.15) is 10.4 Å². The van der Waals surface area contributed by atoms with E-state index in [1.54, 1.807) is 42.5 Å². The maximum absolute atomic E-state index is 12.7. The third kappa shape index (κ3) is 6.24. The molecule has 11 nitrogen and oxygen atoms in total. The Bertz CT molecular complexity index is 1510. The molecule has 14 heteroatoms. The molecule has 1 amide bonds. The third-order valence-electron chi connectivity index (χ3n) is 4.65. The van der Waals surface area contributed by atoms with Gasteiger partial charge in [0.25, 0.3) is 15.9 Å². The summed E-state index contributed by atoms with van der Waals surface area (Å²) in [5, 5.41) is 13.7. The summed E-state index contributed by atoms with van der Waals surface area (Å²) >= 11 is 9.42. The number of benzene rings is 3. The van der Waals surface area contributed by atoms with E-state index in [1.165, 1.54) is 29.2 Å². The lowest BCUT2D eigenvalue weighted by Gasteiger charge is -2.11. The Labute approximate surface area is 218 Å². The zero-order valence-electron chi connectivity index (χ0n) is 18.1. The number of hydrogen-bond donors (Lipinski definition) is 2. The zero-order valence-corrected chi connectivity index (χ0v) is 21.3. The second-order valence-corrected chi connectivity index (χ2v) is 10.2. The molecule has 0 saturated heterocycles. The summed E-state index contributed by atoms with van der Waals surface area (Å²) in [6.45, 7) is -0.627. The Balaban J connectivity index is 1.39. The molecule has 0 bridgehead atoms. The van der Waals surface area contributed by atoms with E-state index in [4.69, 9.17) is 16.3 Å². The van der Waals surface area contributed by atoms with Crippen LogP contribution >= 0.6 is 27.5 Å². The van der Waals surface area contributed by atoms with Crippen molar-refractivity contribution in [1.82, 2.24) is 20.2 Å². The van der Waals surface area contributed by atoms with Crippen LogP contribution in [0.4, 0.5) is 11.4 Å². The SMILES string of the molecule is O=C(COC(=O)c1cccc(S(=O)(=O)Nc2ccc(Br)cc2)c1)Nc1cc(-n2cnnn2)ccc1Cl. The molecule has 4 rings (SSSR count). The summed E-state index contributed by atoms with van der Waals surface area (Å²) in [5.41, 5.74) is 1.12. The average Bonchev–Trinajstić information content (AvgIpc) is 3.40. The smallest absolute Gasteiger partial charge is 0.338 e. The van der Waals surface area contributed by atoms with E-state index in [2.05, 4.69) is 41.5 Å². The Hall–Kier alpha value is -3.81. The van der Waals surface area contributed by atoms with Crippen LogP contribution in [-0.2, 0) is 19.6 Å². The molecule has 0 unspecified atom stereocenters. The maximum Gasteiger partial charge on any atom is 0.338 e. The van der Waals surface area contributed by atoms with Gasteiger partial charge in [-0.3, -0.25) is 9.52 Å². The summed E-state index contributed by atoms with van der Waals surface area (Å²) in [7, 11) is -3.96. The predicted octanol–water partition coefficient (Wildman–Crippen LogP) is 3.67. The number of aromatic nitrogens is 4. The minimum atomic E-state index is -3.96. The lowest BCUT2D eigenvalue weighted by Crippen LogP contribution is -2.21. The third-order valence-corrected chi connectivity index (χ3v) is 6.89. The predicted molar refractivity (Wildman–Crippen MR) is 134 cm³/mol. The minimum absolute atomic E-state index is 0.0415. The van der Waals surface area contributed by atoms with E-state index in [0.717, 1.165) is 10.5 Å². The average molecular weight is 592 g/mol. The molecule has 0 aliphatic carbocycles. The molecule has 0 radical (unpaired) electrons. The van der Waals surface area contributed by atoms with Crippen LogP contribution in [0.2, 0.25) is 5.02 Å². The number of halogens is 2. The van der Waals surface area contributed by atoms with Crippen LogP contribution in [0.15, 0.2) is 82.4 Å². The fraction of sp³-hybridized carbons (Fsp3) is 0.0455. The molecule has 2 N–H and O–H groups in total. The largest absolute Gasteiger partial charge is 0.452 e. The Morgan fingerprint density at radius 3 is 2.56 bits per heavy atom. The number of rotatable bonds is 8. The van der Waals surface area contributed by atoms with Gasteiger partial charge in [-0.25, -0.2) is 17.9 Å². The van der Waals surface area contributed by atoms with Gasteiger partial charge in [0.15, 0.2) is 6.61 Å². The molecule has 1 heterocycles. The molecule has 184 valence electrons. The number of hydrogen-bond acceptors (Lipinski definition) is 8. The Morgan fingerprint density at radius 2 is 1.83 bits per heavy atom. The molecule has 0 saturated carbocycles. The molecule has 4 aromatic rings. The lowest BCUT2D eigenvalue weighted by atomic mass is 10.2. The Morgan fingerprint density at radius 1 is 1.06 bits per heavy atom. The molecule has 0 fully saturated rings. The van der Waals surface area contributed by atoms with E-state index >= 15 is 0 Å². The van der Waals surface area contributed by atoms with Crippen molar-refractivity contribution in [2.75, 3.05) is 16.6 Å². The van der Waals surface area contributed by atoms with E-state index in [0.29, 0.717) is 11.4 Å². The van der Waals surface area contributed by atoms with E-state index in [9.17, 15) is 18.0 Å². The number of nitrogens with zero attached hydrogens (tertiary/aromatic N) is 4. The highest BCUT2D eigenvalue weighted by Gasteiger charge is 2.18. The summed E-state index contributed by atoms with van der Waals surface area (Å²) < 4.78 is 35.1. The topological polar surface area (TPSA) is 145 Å². The first-order valence-electron chi connectivity index (χ1n) is 10.1. The number of sulfonamides is 1. The normalized spacial score (nSPS) is 11.1. The van der Waals surface area contributed by atoms with Crippen molar-refractivity contribution in [3.8, 4) is 5.69 Å². The van der Waals surface area contributed by atoms with Gasteiger partial charge in [0, 0.05) is 10.2 Å². The highest BCUT2D eigenvalue weighted by Crippen LogP contribution is 2.24. The monoisotopic (exact) mass is 590 g/mol. The summed E-state index contributed by atoms with van der Waals surface area (Å²) in [6.07, 6.45) is 1.37. The van der Waals surface area contributed by atoms with Gasteiger partial charge in [-0.15, -0.1) is 5.10 Å². The summed E-state index contributed by atoms with van der Waals surface area (Å²) in [4.78, 5) is 24.7. The van der Waals surface area contributed by atoms with Crippen LogP contribution < -0.4 is 10.0 Å². The number of tetrazole rings is 1. The number of anilines is 2. The quantitative estimate of drug-likeness (QED) is 0.295. The first-order valence-corrected chi connectivity index (χ1v) is 12.7. The molecular weight excluding hydrogens is 576 g/mol. The molecular formula is C22H16BrClN6O5S. The van der Waals surface area contributed by atoms with Crippen LogP contribution in [0.5, 0.6) is 0 Å². The van der Waals surface area contributed by atoms with Crippen LogP contribution in [0.25, 0.3) is 5.69 Å². The number of esters is 1. The van der Waals surface area contributed by atoms with Gasteiger partial charge in [-0.05, 0) is 71.1 Å². The number of carbonyl (C=O) groups excluding carboxylic acids is 2. The van der Waals surface area contributed by atoms with Crippen molar-refractivity contribution in [2.24, 2.45) is 0 Å². The molecule has 3 aromatic carbocycles. The van der Waals surface area contributed by atoms with Gasteiger partial charge in [-0.2, -0.15) is 0 Å². The van der Waals surface area contributed by atoms with Gasteiger partial charge in [0.2, 0.25) is 0 Å². The number of amides is 1. The zero-order chi connectivity index (χ0) is 25.7. The fourth-order valence-electron chi connectivity index (χ4n) is 2.95. The second kappa shape index (κ2) is 10.8. The molecule has 0 aliphatic rings. The minimum Gasteiger partial charge on any atom is -0.452 e. The van der Waals surface area contributed by atoms with Gasteiger partial charge >= 0.3 is 5.97 Å². The van der Waals surface area contributed by atoms with E-state index in [-0.39, 0.29) is 21.2 Å². The molecule has 1 aromatic heterocycles. The molecule has 0 spiro atoms. The van der Waals surface area contributed by atoms with Crippen molar-refractivity contribution >= 4 is 60.8 Å². The molecule has 0 atom stereocenters. The van der Waals surface area contributed by atoms with Crippen LogP contribution in [0, 0.1) is 0 Å². The van der Waals surface area contributed by atoms with E-state index < -0.39 is 28.5 Å². The molecule has 36 heavy (non-hydrogen) atoms. The first kappa shape index (κ1) is 25.3.